The summed E-state index contributed by atoms with van der Waals surface area (Å²) in [5, 5.41) is 4.49. The second-order valence-electron chi connectivity index (χ2n) is 8.72. The molecule has 0 aromatic heterocycles. The lowest BCUT2D eigenvalue weighted by Gasteiger charge is -2.26. The molecule has 0 radical (unpaired) electrons. The molecular formula is C30H28ClN3O5S. The fraction of sp³-hybridized carbons (Fsp3) is 0.133. The Hall–Kier alpha value is -4.34. The molecule has 40 heavy (non-hydrogen) atoms. The highest BCUT2D eigenvalue weighted by Gasteiger charge is 2.27. The van der Waals surface area contributed by atoms with Crippen molar-refractivity contribution in [3.05, 3.63) is 118 Å². The molecule has 0 spiro atoms. The minimum atomic E-state index is -3.91. The number of amides is 1. The smallest absolute Gasteiger partial charge is 0.271 e. The molecule has 4 rings (SSSR count). The van der Waals surface area contributed by atoms with Gasteiger partial charge in [0, 0.05) is 10.6 Å². The summed E-state index contributed by atoms with van der Waals surface area (Å²) in [5.74, 6) is 0.719. The molecule has 4 aromatic carbocycles. The van der Waals surface area contributed by atoms with Gasteiger partial charge in [0.1, 0.15) is 0 Å². The Kier molecular flexibility index (Phi) is 9.08. The van der Waals surface area contributed by atoms with Gasteiger partial charge >= 0.3 is 0 Å². The third-order valence-corrected chi connectivity index (χ3v) is 8.35. The first kappa shape index (κ1) is 28.7. The number of methoxy groups -OCH3 is 2. The standard InChI is InChI=1S/C30H28ClN3O5S/c1-21-26(31)10-7-11-27(21)34(40(36,37)25-8-5-4-6-9-25)20-22-12-15-24(16-13-22)30(35)33-32-19-23-14-17-28(38-2)29(18-23)39-3/h4-19H,20H2,1-3H3,(H,33,35)/b32-19-. The summed E-state index contributed by atoms with van der Waals surface area (Å²) in [5.41, 5.74) is 5.38. The Morgan fingerprint density at radius 2 is 1.62 bits per heavy atom. The predicted octanol–water partition coefficient (Wildman–Crippen LogP) is 5.83. The summed E-state index contributed by atoms with van der Waals surface area (Å²) < 4.78 is 39.2. The fourth-order valence-corrected chi connectivity index (χ4v) is 5.68. The molecule has 1 N–H and O–H groups in total. The minimum Gasteiger partial charge on any atom is -0.493 e. The van der Waals surface area contributed by atoms with Crippen LogP contribution in [0.1, 0.15) is 27.0 Å². The van der Waals surface area contributed by atoms with Crippen LogP contribution in [0.3, 0.4) is 0 Å². The molecule has 4 aromatic rings. The second kappa shape index (κ2) is 12.7. The Morgan fingerprint density at radius 3 is 2.30 bits per heavy atom. The van der Waals surface area contributed by atoms with Crippen LogP contribution in [0.25, 0.3) is 0 Å². The van der Waals surface area contributed by atoms with Crippen LogP contribution in [0.5, 0.6) is 11.5 Å². The van der Waals surface area contributed by atoms with E-state index in [2.05, 4.69) is 10.5 Å². The van der Waals surface area contributed by atoms with Gasteiger partial charge in [-0.2, -0.15) is 5.10 Å². The number of sulfonamides is 1. The van der Waals surface area contributed by atoms with Crippen molar-refractivity contribution in [2.45, 2.75) is 18.4 Å². The second-order valence-corrected chi connectivity index (χ2v) is 11.0. The molecule has 10 heteroatoms. The molecule has 0 bridgehead atoms. The molecule has 206 valence electrons. The van der Waals surface area contributed by atoms with Crippen molar-refractivity contribution >= 4 is 39.4 Å². The number of rotatable bonds is 10. The summed E-state index contributed by atoms with van der Waals surface area (Å²) in [4.78, 5) is 12.8. The number of anilines is 1. The third-order valence-electron chi connectivity index (χ3n) is 6.17. The molecule has 0 saturated heterocycles. The monoisotopic (exact) mass is 577 g/mol. The first-order valence-electron chi connectivity index (χ1n) is 12.2. The van der Waals surface area contributed by atoms with Gasteiger partial charge in [-0.15, -0.1) is 0 Å². The Balaban J connectivity index is 1.52. The van der Waals surface area contributed by atoms with Crippen LogP contribution in [0.15, 0.2) is 101 Å². The van der Waals surface area contributed by atoms with Gasteiger partial charge < -0.3 is 9.47 Å². The van der Waals surface area contributed by atoms with Gasteiger partial charge in [0.05, 0.1) is 37.6 Å². The topological polar surface area (TPSA) is 97.3 Å². The van der Waals surface area contributed by atoms with E-state index in [1.807, 2.05) is 0 Å². The molecule has 0 aliphatic rings. The highest BCUT2D eigenvalue weighted by Crippen LogP contribution is 2.32. The molecule has 0 atom stereocenters. The minimum absolute atomic E-state index is 0.0394. The number of carbonyl (C=O) groups excluding carboxylic acids is 1. The largest absolute Gasteiger partial charge is 0.493 e. The van der Waals surface area contributed by atoms with Crippen LogP contribution in [-0.4, -0.2) is 34.8 Å². The quantitative estimate of drug-likeness (QED) is 0.189. The summed E-state index contributed by atoms with van der Waals surface area (Å²) in [6.45, 7) is 1.82. The van der Waals surface area contributed by atoms with E-state index in [4.69, 9.17) is 21.1 Å². The predicted molar refractivity (Wildman–Crippen MR) is 157 cm³/mol. The molecule has 8 nitrogen and oxygen atoms in total. The van der Waals surface area contributed by atoms with Crippen molar-refractivity contribution in [1.29, 1.82) is 0 Å². The molecule has 0 heterocycles. The first-order chi connectivity index (χ1) is 19.2. The SMILES string of the molecule is COc1ccc(/C=N\NC(=O)c2ccc(CN(c3cccc(Cl)c3C)S(=O)(=O)c3ccccc3)cc2)cc1OC. The van der Waals surface area contributed by atoms with Crippen molar-refractivity contribution in [2.75, 3.05) is 18.5 Å². The van der Waals surface area contributed by atoms with Gasteiger partial charge in [0.25, 0.3) is 15.9 Å². The number of hydrogen-bond donors (Lipinski definition) is 1. The van der Waals surface area contributed by atoms with E-state index in [9.17, 15) is 13.2 Å². The van der Waals surface area contributed by atoms with E-state index in [-0.39, 0.29) is 11.4 Å². The normalized spacial score (nSPS) is 11.3. The summed E-state index contributed by atoms with van der Waals surface area (Å²) in [7, 11) is -0.817. The molecule has 0 aliphatic heterocycles. The van der Waals surface area contributed by atoms with E-state index < -0.39 is 15.9 Å². The average molecular weight is 578 g/mol. The van der Waals surface area contributed by atoms with E-state index in [1.165, 1.54) is 17.6 Å². The molecule has 0 aliphatic carbocycles. The average Bonchev–Trinajstić information content (AvgIpc) is 2.98. The number of benzene rings is 4. The maximum Gasteiger partial charge on any atom is 0.271 e. The van der Waals surface area contributed by atoms with E-state index in [1.54, 1.807) is 105 Å². The first-order valence-corrected chi connectivity index (χ1v) is 14.0. The van der Waals surface area contributed by atoms with E-state index in [0.717, 1.165) is 0 Å². The van der Waals surface area contributed by atoms with Crippen LogP contribution >= 0.6 is 11.6 Å². The number of nitrogens with zero attached hydrogens (tertiary/aromatic N) is 2. The van der Waals surface area contributed by atoms with Crippen LogP contribution in [0, 0.1) is 6.92 Å². The van der Waals surface area contributed by atoms with E-state index >= 15 is 0 Å². The molecule has 1 amide bonds. The third kappa shape index (κ3) is 6.44. The lowest BCUT2D eigenvalue weighted by Crippen LogP contribution is -2.31. The van der Waals surface area contributed by atoms with Gasteiger partial charge in [-0.1, -0.05) is 48.0 Å². The number of ether oxygens (including phenoxy) is 2. The van der Waals surface area contributed by atoms with Crippen molar-refractivity contribution in [2.24, 2.45) is 5.10 Å². The fourth-order valence-electron chi connectivity index (χ4n) is 3.98. The molecule has 0 saturated carbocycles. The number of halogens is 1. The Morgan fingerprint density at radius 1 is 0.925 bits per heavy atom. The number of hydrogen-bond acceptors (Lipinski definition) is 6. The number of nitrogens with one attached hydrogen (secondary N) is 1. The van der Waals surface area contributed by atoms with E-state index in [0.29, 0.717) is 44.5 Å². The zero-order valence-corrected chi connectivity index (χ0v) is 23.7. The Labute approximate surface area is 238 Å². The molecular weight excluding hydrogens is 550 g/mol. The zero-order chi connectivity index (χ0) is 28.7. The van der Waals surface area contributed by atoms with Crippen molar-refractivity contribution in [1.82, 2.24) is 5.43 Å². The summed E-state index contributed by atoms with van der Waals surface area (Å²) in [6.07, 6.45) is 1.49. The highest BCUT2D eigenvalue weighted by molar-refractivity contribution is 7.92. The van der Waals surface area contributed by atoms with Gasteiger partial charge in [0.2, 0.25) is 0 Å². The highest BCUT2D eigenvalue weighted by atomic mass is 35.5. The molecule has 0 fully saturated rings. The van der Waals surface area contributed by atoms with Crippen molar-refractivity contribution < 1.29 is 22.7 Å². The van der Waals surface area contributed by atoms with Crippen LogP contribution in [0.4, 0.5) is 5.69 Å². The van der Waals surface area contributed by atoms with Crippen LogP contribution in [0.2, 0.25) is 5.02 Å². The van der Waals surface area contributed by atoms with Crippen molar-refractivity contribution in [3.63, 3.8) is 0 Å². The maximum absolute atomic E-state index is 13.7. The number of hydrazone groups is 1. The maximum atomic E-state index is 13.7. The lowest BCUT2D eigenvalue weighted by molar-refractivity contribution is 0.0955. The van der Waals surface area contributed by atoms with Gasteiger partial charge in [-0.3, -0.25) is 9.10 Å². The van der Waals surface area contributed by atoms with Crippen LogP contribution in [-0.2, 0) is 16.6 Å². The van der Waals surface area contributed by atoms with Crippen LogP contribution < -0.4 is 19.2 Å². The Bertz CT molecular complexity index is 1630. The summed E-state index contributed by atoms with van der Waals surface area (Å²) in [6, 6.07) is 25.3. The summed E-state index contributed by atoms with van der Waals surface area (Å²) >= 11 is 6.33. The van der Waals surface area contributed by atoms with Gasteiger partial charge in [0.15, 0.2) is 11.5 Å². The zero-order valence-electron chi connectivity index (χ0n) is 22.2. The lowest BCUT2D eigenvalue weighted by atomic mass is 10.1. The van der Waals surface area contributed by atoms with Gasteiger partial charge in [-0.25, -0.2) is 13.8 Å². The van der Waals surface area contributed by atoms with Crippen molar-refractivity contribution in [3.8, 4) is 11.5 Å². The number of carbonyl (C=O) groups is 1. The van der Waals surface area contributed by atoms with Gasteiger partial charge in [-0.05, 0) is 78.2 Å². The molecule has 0 unspecified atom stereocenters.